The molecule has 9 heteroatoms. The first-order valence-corrected chi connectivity index (χ1v) is 7.59. The molecule has 122 valence electrons. The Bertz CT molecular complexity index is 714. The lowest BCUT2D eigenvalue weighted by molar-refractivity contribution is -0.125. The number of carbonyl (C=O) groups is 2. The Morgan fingerprint density at radius 3 is 2.78 bits per heavy atom. The number of anilines is 1. The topological polar surface area (TPSA) is 115 Å². The molecule has 8 nitrogen and oxygen atoms in total. The zero-order valence-corrected chi connectivity index (χ0v) is 14.3. The van der Waals surface area contributed by atoms with Crippen LogP contribution in [0, 0.1) is 5.41 Å². The molecule has 3 amide bonds. The largest absolute Gasteiger partial charge is 0.369 e. The molecule has 2 aromatic heterocycles. The lowest BCUT2D eigenvalue weighted by Crippen LogP contribution is -2.43. The molecule has 0 radical (unpaired) electrons. The Kier molecular flexibility index (Phi) is 4.99. The Hall–Kier alpha value is -2.42. The molecular weight excluding hydrogens is 364 g/mol. The molecule has 0 aliphatic rings. The predicted molar refractivity (Wildman–Crippen MR) is 89.1 cm³/mol. The summed E-state index contributed by atoms with van der Waals surface area (Å²) >= 11 is 3.31. The summed E-state index contributed by atoms with van der Waals surface area (Å²) in [7, 11) is 0. The van der Waals surface area contributed by atoms with Crippen LogP contribution >= 0.6 is 15.9 Å². The number of nitrogens with two attached hydrogens (primary N) is 1. The van der Waals surface area contributed by atoms with Crippen molar-refractivity contribution in [3.63, 3.8) is 0 Å². The summed E-state index contributed by atoms with van der Waals surface area (Å²) in [5.41, 5.74) is 4.91. The lowest BCUT2D eigenvalue weighted by Gasteiger charge is -2.21. The molecule has 2 rings (SSSR count). The first kappa shape index (κ1) is 16.9. The second-order valence-electron chi connectivity index (χ2n) is 5.53. The van der Waals surface area contributed by atoms with E-state index in [1.807, 2.05) is 0 Å². The minimum Gasteiger partial charge on any atom is -0.369 e. The van der Waals surface area contributed by atoms with Gasteiger partial charge in [-0.25, -0.2) is 14.5 Å². The van der Waals surface area contributed by atoms with E-state index in [0.717, 1.165) is 0 Å². The van der Waals surface area contributed by atoms with Gasteiger partial charge in [-0.2, -0.15) is 5.10 Å². The van der Waals surface area contributed by atoms with Gasteiger partial charge >= 0.3 is 6.03 Å². The van der Waals surface area contributed by atoms with Crippen LogP contribution in [0.1, 0.15) is 13.8 Å². The fourth-order valence-corrected chi connectivity index (χ4v) is 1.99. The first-order valence-electron chi connectivity index (χ1n) is 6.80. The number of halogens is 1. The van der Waals surface area contributed by atoms with Gasteiger partial charge in [0.05, 0.1) is 11.1 Å². The fraction of sp³-hybridized carbons (Fsp3) is 0.286. The Balaban J connectivity index is 2.12. The molecule has 0 atom stereocenters. The number of hydrogen-bond acceptors (Lipinski definition) is 4. The third-order valence-electron chi connectivity index (χ3n) is 3.16. The summed E-state index contributed by atoms with van der Waals surface area (Å²) in [5, 5.41) is 9.42. The summed E-state index contributed by atoms with van der Waals surface area (Å²) < 4.78 is 2.25. The average molecular weight is 381 g/mol. The number of primary amides is 1. The van der Waals surface area contributed by atoms with Crippen LogP contribution in [0.4, 0.5) is 10.5 Å². The maximum Gasteiger partial charge on any atom is 0.319 e. The molecular formula is C14H17BrN6O2. The third kappa shape index (κ3) is 4.28. The average Bonchev–Trinajstić information content (AvgIpc) is 2.99. The SMILES string of the molecule is CC(C)(CNC(=O)Nc1cc(Br)cnc1-n1cccn1)C(N)=O. The molecule has 0 bridgehead atoms. The van der Waals surface area contributed by atoms with Gasteiger partial charge in [-0.1, -0.05) is 0 Å². The lowest BCUT2D eigenvalue weighted by atomic mass is 9.93. The highest BCUT2D eigenvalue weighted by atomic mass is 79.9. The standard InChI is InChI=1S/C14H17BrN6O2/c1-14(2,12(16)22)8-18-13(23)20-10-6-9(15)7-17-11(10)21-5-3-4-19-21/h3-7H,8H2,1-2H3,(H2,16,22)(H2,18,20,23). The van der Waals surface area contributed by atoms with Crippen LogP contribution in [0.5, 0.6) is 0 Å². The molecule has 0 fully saturated rings. The van der Waals surface area contributed by atoms with E-state index in [2.05, 4.69) is 36.6 Å². The van der Waals surface area contributed by atoms with Gasteiger partial charge in [0, 0.05) is 29.6 Å². The van der Waals surface area contributed by atoms with Gasteiger partial charge in [0.25, 0.3) is 0 Å². The Morgan fingerprint density at radius 2 is 2.17 bits per heavy atom. The van der Waals surface area contributed by atoms with Crippen LogP contribution in [0.15, 0.2) is 35.2 Å². The van der Waals surface area contributed by atoms with Crippen molar-refractivity contribution in [3.8, 4) is 5.82 Å². The number of urea groups is 1. The van der Waals surface area contributed by atoms with Crippen LogP contribution in [-0.2, 0) is 4.79 Å². The molecule has 0 aromatic carbocycles. The second kappa shape index (κ2) is 6.78. The maximum atomic E-state index is 12.1. The van der Waals surface area contributed by atoms with Crippen molar-refractivity contribution in [1.29, 1.82) is 0 Å². The molecule has 0 saturated carbocycles. The van der Waals surface area contributed by atoms with E-state index in [4.69, 9.17) is 5.73 Å². The van der Waals surface area contributed by atoms with Crippen molar-refractivity contribution in [3.05, 3.63) is 35.2 Å². The summed E-state index contributed by atoms with van der Waals surface area (Å²) in [4.78, 5) is 27.6. The van der Waals surface area contributed by atoms with Gasteiger partial charge in [-0.05, 0) is 41.9 Å². The number of hydrogen-bond donors (Lipinski definition) is 3. The van der Waals surface area contributed by atoms with Gasteiger partial charge in [0.15, 0.2) is 5.82 Å². The normalized spacial score (nSPS) is 11.1. The van der Waals surface area contributed by atoms with Crippen LogP contribution in [-0.4, -0.2) is 33.2 Å². The second-order valence-corrected chi connectivity index (χ2v) is 6.45. The van der Waals surface area contributed by atoms with Gasteiger partial charge < -0.3 is 16.4 Å². The zero-order chi connectivity index (χ0) is 17.0. The van der Waals surface area contributed by atoms with Crippen LogP contribution in [0.3, 0.4) is 0 Å². The molecule has 0 spiro atoms. The minimum atomic E-state index is -0.836. The van der Waals surface area contributed by atoms with E-state index in [1.54, 1.807) is 44.6 Å². The number of carbonyl (C=O) groups excluding carboxylic acids is 2. The van der Waals surface area contributed by atoms with E-state index in [9.17, 15) is 9.59 Å². The molecule has 23 heavy (non-hydrogen) atoms. The minimum absolute atomic E-state index is 0.118. The maximum absolute atomic E-state index is 12.1. The van der Waals surface area contributed by atoms with Crippen molar-refractivity contribution in [2.45, 2.75) is 13.8 Å². The number of aromatic nitrogens is 3. The number of nitrogens with zero attached hydrogens (tertiary/aromatic N) is 3. The van der Waals surface area contributed by atoms with Gasteiger partial charge in [0.1, 0.15) is 0 Å². The molecule has 0 aliphatic carbocycles. The molecule has 2 aromatic rings. The summed E-state index contributed by atoms with van der Waals surface area (Å²) in [6.45, 7) is 3.43. The zero-order valence-electron chi connectivity index (χ0n) is 12.7. The number of pyridine rings is 1. The van der Waals surface area contributed by atoms with E-state index >= 15 is 0 Å². The highest BCUT2D eigenvalue weighted by Gasteiger charge is 2.25. The van der Waals surface area contributed by atoms with E-state index in [0.29, 0.717) is 16.0 Å². The smallest absolute Gasteiger partial charge is 0.319 e. The van der Waals surface area contributed by atoms with Crippen molar-refractivity contribution in [2.75, 3.05) is 11.9 Å². The monoisotopic (exact) mass is 380 g/mol. The molecule has 0 saturated heterocycles. The first-order chi connectivity index (χ1) is 10.8. The van der Waals surface area contributed by atoms with Gasteiger partial charge in [0.2, 0.25) is 5.91 Å². The highest BCUT2D eigenvalue weighted by Crippen LogP contribution is 2.21. The summed E-state index contributed by atoms with van der Waals surface area (Å²) in [6.07, 6.45) is 4.94. The van der Waals surface area contributed by atoms with Crippen LogP contribution < -0.4 is 16.4 Å². The summed E-state index contributed by atoms with van der Waals surface area (Å²) in [6, 6.07) is 3.00. The van der Waals surface area contributed by atoms with Crippen molar-refractivity contribution in [2.24, 2.45) is 11.1 Å². The van der Waals surface area contributed by atoms with Gasteiger partial charge in [-0.15, -0.1) is 0 Å². The molecule has 0 aliphatic heterocycles. The van der Waals surface area contributed by atoms with Gasteiger partial charge in [-0.3, -0.25) is 4.79 Å². The summed E-state index contributed by atoms with van der Waals surface area (Å²) in [5.74, 6) is -0.0123. The van der Waals surface area contributed by atoms with Crippen molar-refractivity contribution >= 4 is 33.6 Å². The van der Waals surface area contributed by atoms with Crippen LogP contribution in [0.25, 0.3) is 5.82 Å². The van der Waals surface area contributed by atoms with Crippen LogP contribution in [0.2, 0.25) is 0 Å². The van der Waals surface area contributed by atoms with Crippen molar-refractivity contribution < 1.29 is 9.59 Å². The highest BCUT2D eigenvalue weighted by molar-refractivity contribution is 9.10. The Labute approximate surface area is 141 Å². The fourth-order valence-electron chi connectivity index (χ4n) is 1.66. The van der Waals surface area contributed by atoms with E-state index in [1.165, 1.54) is 4.68 Å². The number of rotatable bonds is 5. The third-order valence-corrected chi connectivity index (χ3v) is 3.59. The molecule has 4 N–H and O–H groups in total. The molecule has 2 heterocycles. The van der Waals surface area contributed by atoms with Crippen molar-refractivity contribution in [1.82, 2.24) is 20.1 Å². The van der Waals surface area contributed by atoms with E-state index in [-0.39, 0.29) is 6.54 Å². The Morgan fingerprint density at radius 1 is 1.43 bits per heavy atom. The number of amides is 3. The predicted octanol–water partition coefficient (Wildman–Crippen LogP) is 1.66. The van der Waals surface area contributed by atoms with E-state index < -0.39 is 17.4 Å². The number of nitrogens with one attached hydrogen (secondary N) is 2. The molecule has 0 unspecified atom stereocenters. The quantitative estimate of drug-likeness (QED) is 0.731.